The van der Waals surface area contributed by atoms with Gasteiger partial charge in [0.2, 0.25) is 0 Å². The van der Waals surface area contributed by atoms with Crippen molar-refractivity contribution >= 4 is 56.3 Å². The number of nitrogens with zero attached hydrogens (tertiary/aromatic N) is 2. The highest BCUT2D eigenvalue weighted by Gasteiger charge is 2.48. The molecule has 7 nitrogen and oxygen atoms in total. The summed E-state index contributed by atoms with van der Waals surface area (Å²) in [6.45, 7) is 0. The van der Waals surface area contributed by atoms with Crippen LogP contribution in [0, 0.1) is 0 Å². The van der Waals surface area contributed by atoms with Crippen LogP contribution in [0.15, 0.2) is 34.1 Å². The van der Waals surface area contributed by atoms with Crippen LogP contribution in [-0.2, 0) is 0 Å². The number of thiophene rings is 1. The summed E-state index contributed by atoms with van der Waals surface area (Å²) in [6, 6.07) is 3.97. The van der Waals surface area contributed by atoms with Crippen LogP contribution >= 0.6 is 38.9 Å². The van der Waals surface area contributed by atoms with Crippen LogP contribution in [0.3, 0.4) is 0 Å². The van der Waals surface area contributed by atoms with Crippen molar-refractivity contribution in [3.8, 4) is 11.5 Å². The Morgan fingerprint density at radius 1 is 1.33 bits per heavy atom. The summed E-state index contributed by atoms with van der Waals surface area (Å²) in [5.41, 5.74) is 0.00737. The average Bonchev–Trinajstić information content (AvgIpc) is 3.42. The minimum absolute atomic E-state index is 0.0766. The minimum atomic E-state index is -4.56. The molecule has 0 saturated carbocycles. The number of rotatable bonds is 5. The van der Waals surface area contributed by atoms with Gasteiger partial charge in [-0.1, -0.05) is 17.7 Å². The van der Waals surface area contributed by atoms with Crippen LogP contribution in [0.4, 0.5) is 24.7 Å². The van der Waals surface area contributed by atoms with Crippen LogP contribution in [0.2, 0.25) is 5.02 Å². The summed E-state index contributed by atoms with van der Waals surface area (Å²) < 4.78 is 53.0. The Labute approximate surface area is 203 Å². The maximum Gasteiger partial charge on any atom is 0.410 e. The smallest absolute Gasteiger partial charge is 0.410 e. The number of anilines is 2. The Morgan fingerprint density at radius 2 is 2.06 bits per heavy atom. The van der Waals surface area contributed by atoms with Crippen LogP contribution in [0.25, 0.3) is 0 Å². The number of fused-ring (bicyclic) bond motifs is 1. The van der Waals surface area contributed by atoms with E-state index in [-0.39, 0.29) is 44.6 Å². The van der Waals surface area contributed by atoms with E-state index in [9.17, 15) is 18.0 Å². The molecule has 1 aliphatic rings. The molecule has 4 rings (SSSR count). The van der Waals surface area contributed by atoms with Crippen molar-refractivity contribution < 1.29 is 27.4 Å². The lowest BCUT2D eigenvalue weighted by Gasteiger charge is -2.33. The van der Waals surface area contributed by atoms with Crippen molar-refractivity contribution in [2.24, 2.45) is 0 Å². The third kappa shape index (κ3) is 4.51. The molecule has 0 radical (unpaired) electrons. The van der Waals surface area contributed by atoms with E-state index in [0.29, 0.717) is 0 Å². The summed E-state index contributed by atoms with van der Waals surface area (Å²) in [5, 5.41) is 11.8. The summed E-state index contributed by atoms with van der Waals surface area (Å²) in [7, 11) is 2.80. The molecule has 0 saturated heterocycles. The number of methoxy groups -OCH3 is 2. The number of alkyl halides is 3. The standard InChI is InChI=1S/C20H17BrClF3N4O3S/c1-31-12-7-10(13(32-2)6-9(12)22)27-19(30)17-16(21)18-26-11(14-4-3-5-33-14)8-15(20(23,24)25)29(18)28-17/h3-7,11,15,26H,8H2,1-2H3,(H,27,30)/t11-,15-/m1/s1. The molecule has 3 heterocycles. The van der Waals surface area contributed by atoms with Crippen LogP contribution in [-0.4, -0.2) is 36.1 Å². The highest BCUT2D eigenvalue weighted by molar-refractivity contribution is 9.10. The van der Waals surface area contributed by atoms with Gasteiger partial charge < -0.3 is 20.1 Å². The molecule has 13 heteroatoms. The number of carbonyl (C=O) groups is 1. The van der Waals surface area contributed by atoms with Gasteiger partial charge in [0.15, 0.2) is 11.7 Å². The molecule has 2 aromatic heterocycles. The van der Waals surface area contributed by atoms with Crippen molar-refractivity contribution in [1.82, 2.24) is 9.78 Å². The highest BCUT2D eigenvalue weighted by atomic mass is 79.9. The first-order valence-electron chi connectivity index (χ1n) is 9.51. The molecule has 0 spiro atoms. The Kier molecular flexibility index (Phi) is 6.52. The van der Waals surface area contributed by atoms with E-state index < -0.39 is 24.2 Å². The summed E-state index contributed by atoms with van der Waals surface area (Å²) in [6.07, 6.45) is -4.81. The van der Waals surface area contributed by atoms with Gasteiger partial charge in [-0.15, -0.1) is 11.3 Å². The predicted octanol–water partition coefficient (Wildman–Crippen LogP) is 6.29. The molecule has 1 amide bonds. The Morgan fingerprint density at radius 3 is 2.67 bits per heavy atom. The first-order chi connectivity index (χ1) is 15.6. The van der Waals surface area contributed by atoms with Gasteiger partial charge in [0, 0.05) is 23.4 Å². The zero-order chi connectivity index (χ0) is 23.9. The van der Waals surface area contributed by atoms with Crippen LogP contribution in [0.5, 0.6) is 11.5 Å². The number of amides is 1. The summed E-state index contributed by atoms with van der Waals surface area (Å²) in [5.74, 6) is -0.124. The van der Waals surface area contributed by atoms with Gasteiger partial charge in [0.1, 0.15) is 17.3 Å². The van der Waals surface area contributed by atoms with Gasteiger partial charge in [-0.25, -0.2) is 4.68 Å². The summed E-state index contributed by atoms with van der Waals surface area (Å²) >= 11 is 10.7. The Balaban J connectivity index is 1.71. The molecule has 0 fully saturated rings. The van der Waals surface area contributed by atoms with E-state index in [1.807, 2.05) is 0 Å². The topological polar surface area (TPSA) is 77.4 Å². The van der Waals surface area contributed by atoms with Gasteiger partial charge in [0.25, 0.3) is 5.91 Å². The quantitative estimate of drug-likeness (QED) is 0.380. The number of ether oxygens (including phenoxy) is 2. The van der Waals surface area contributed by atoms with Gasteiger partial charge in [-0.05, 0) is 27.4 Å². The second-order valence-electron chi connectivity index (χ2n) is 7.10. The van der Waals surface area contributed by atoms with Gasteiger partial charge in [-0.2, -0.15) is 18.3 Å². The minimum Gasteiger partial charge on any atom is -0.495 e. The molecule has 33 heavy (non-hydrogen) atoms. The molecule has 0 bridgehead atoms. The zero-order valence-electron chi connectivity index (χ0n) is 17.2. The first kappa shape index (κ1) is 23.7. The highest BCUT2D eigenvalue weighted by Crippen LogP contribution is 2.47. The van der Waals surface area contributed by atoms with Crippen molar-refractivity contribution in [3.63, 3.8) is 0 Å². The average molecular weight is 566 g/mol. The Bertz CT molecular complexity index is 1190. The first-order valence-corrected chi connectivity index (χ1v) is 11.6. The number of benzene rings is 1. The molecule has 2 N–H and O–H groups in total. The predicted molar refractivity (Wildman–Crippen MR) is 123 cm³/mol. The monoisotopic (exact) mass is 564 g/mol. The third-order valence-corrected chi connectivity index (χ3v) is 7.15. The lowest BCUT2D eigenvalue weighted by Crippen LogP contribution is -2.35. The fraction of sp³-hybridized carbons (Fsp3) is 0.300. The van der Waals surface area contributed by atoms with E-state index in [1.54, 1.807) is 17.5 Å². The molecule has 1 aromatic carbocycles. The number of halogens is 5. The SMILES string of the molecule is COc1cc(NC(=O)c2nn3c(c2Br)N[C@@H](c2cccs2)C[C@@H]3C(F)(F)F)c(OC)cc1Cl. The van der Waals surface area contributed by atoms with E-state index in [0.717, 1.165) is 9.56 Å². The number of hydrogen-bond donors (Lipinski definition) is 2. The van der Waals surface area contributed by atoms with E-state index in [2.05, 4.69) is 31.7 Å². The number of carbonyl (C=O) groups excluding carboxylic acids is 1. The van der Waals surface area contributed by atoms with Crippen molar-refractivity contribution in [2.75, 3.05) is 24.9 Å². The zero-order valence-corrected chi connectivity index (χ0v) is 20.3. The van der Waals surface area contributed by atoms with Gasteiger partial charge >= 0.3 is 6.18 Å². The Hall–Kier alpha value is -2.44. The molecular weight excluding hydrogens is 549 g/mol. The third-order valence-electron chi connectivity index (χ3n) is 5.12. The number of nitrogens with one attached hydrogen (secondary N) is 2. The molecule has 0 unspecified atom stereocenters. The lowest BCUT2D eigenvalue weighted by atomic mass is 10.0. The van der Waals surface area contributed by atoms with E-state index >= 15 is 0 Å². The number of aromatic nitrogens is 2. The van der Waals surface area contributed by atoms with Crippen molar-refractivity contribution in [3.05, 3.63) is 49.7 Å². The fourth-order valence-electron chi connectivity index (χ4n) is 3.55. The molecule has 1 aliphatic heterocycles. The van der Waals surface area contributed by atoms with Crippen molar-refractivity contribution in [1.29, 1.82) is 0 Å². The maximum absolute atomic E-state index is 13.9. The van der Waals surface area contributed by atoms with Gasteiger partial charge in [-0.3, -0.25) is 4.79 Å². The maximum atomic E-state index is 13.9. The van der Waals surface area contributed by atoms with Crippen molar-refractivity contribution in [2.45, 2.75) is 24.7 Å². The fourth-order valence-corrected chi connectivity index (χ4v) is 5.13. The molecule has 2 atom stereocenters. The normalized spacial score (nSPS) is 17.8. The van der Waals surface area contributed by atoms with E-state index in [1.165, 1.54) is 37.7 Å². The summed E-state index contributed by atoms with van der Waals surface area (Å²) in [4.78, 5) is 13.8. The molecule has 0 aliphatic carbocycles. The second kappa shape index (κ2) is 9.07. The molecule has 3 aromatic rings. The van der Waals surface area contributed by atoms with Gasteiger partial charge in [0.05, 0.1) is 35.4 Å². The van der Waals surface area contributed by atoms with E-state index in [4.69, 9.17) is 21.1 Å². The largest absolute Gasteiger partial charge is 0.495 e. The number of hydrogen-bond acceptors (Lipinski definition) is 6. The molecule has 176 valence electrons. The second-order valence-corrected chi connectivity index (χ2v) is 9.28. The molecular formula is C20H17BrClF3N4O3S. The lowest BCUT2D eigenvalue weighted by molar-refractivity contribution is -0.173. The van der Waals surface area contributed by atoms with Crippen LogP contribution < -0.4 is 20.1 Å². The van der Waals surface area contributed by atoms with Crippen LogP contribution in [0.1, 0.15) is 33.9 Å².